The topological polar surface area (TPSA) is 9.23 Å². The maximum Gasteiger partial charge on any atom is 0.0743 e. The Bertz CT molecular complexity index is 241. The van der Waals surface area contributed by atoms with E-state index in [2.05, 4.69) is 0 Å². The lowest BCUT2D eigenvalue weighted by atomic mass is 10.2. The van der Waals surface area contributed by atoms with Crippen molar-refractivity contribution in [2.45, 2.75) is 0 Å². The van der Waals surface area contributed by atoms with Crippen molar-refractivity contribution in [1.82, 2.24) is 0 Å². The summed E-state index contributed by atoms with van der Waals surface area (Å²) >= 11 is 4.86. The summed E-state index contributed by atoms with van der Waals surface area (Å²) in [6.45, 7) is 0. The molecule has 1 aromatic rings. The molecule has 0 saturated heterocycles. The lowest BCUT2D eigenvalue weighted by Gasteiger charge is -2.09. The molecule has 0 fully saturated rings. The van der Waals surface area contributed by atoms with Gasteiger partial charge in [0.15, 0.2) is 0 Å². The van der Waals surface area contributed by atoms with Crippen LogP contribution in [0.3, 0.4) is 0 Å². The van der Waals surface area contributed by atoms with Crippen LogP contribution in [0.25, 0.3) is 6.08 Å². The van der Waals surface area contributed by atoms with Gasteiger partial charge in [0.1, 0.15) is 0 Å². The predicted molar refractivity (Wildman–Crippen MR) is 48.8 cm³/mol. The summed E-state index contributed by atoms with van der Waals surface area (Å²) in [7, 11) is 1.57. The highest BCUT2D eigenvalue weighted by Gasteiger charge is 1.81. The molecule has 0 aliphatic carbocycles. The minimum Gasteiger partial charge on any atom is -0.742 e. The Morgan fingerprint density at radius 2 is 2.00 bits per heavy atom. The van der Waals surface area contributed by atoms with Crippen molar-refractivity contribution in [3.63, 3.8) is 0 Å². The van der Waals surface area contributed by atoms with Gasteiger partial charge in [-0.3, -0.25) is 0 Å². The normalized spacial score (nSPS) is 11.2. The van der Waals surface area contributed by atoms with Crippen molar-refractivity contribution in [1.29, 1.82) is 0 Å². The SMILES string of the molecule is CO/C([S-])=C/c1ccccc1. The number of methoxy groups -OCH3 is 1. The van der Waals surface area contributed by atoms with E-state index in [1.54, 1.807) is 7.11 Å². The summed E-state index contributed by atoms with van der Waals surface area (Å²) in [6.07, 6.45) is 1.81. The molecule has 0 radical (unpaired) electrons. The Morgan fingerprint density at radius 3 is 2.55 bits per heavy atom. The molecule has 58 valence electrons. The molecule has 0 aliphatic rings. The van der Waals surface area contributed by atoms with Crippen LogP contribution in [-0.2, 0) is 17.4 Å². The average Bonchev–Trinajstić information content (AvgIpc) is 2.06. The van der Waals surface area contributed by atoms with Crippen LogP contribution in [0.1, 0.15) is 5.56 Å². The molecule has 0 aliphatic heterocycles. The predicted octanol–water partition coefficient (Wildman–Crippen LogP) is 2.18. The fourth-order valence-corrected chi connectivity index (χ4v) is 0.880. The van der Waals surface area contributed by atoms with Crippen LogP contribution in [0.2, 0.25) is 0 Å². The van der Waals surface area contributed by atoms with E-state index in [9.17, 15) is 0 Å². The van der Waals surface area contributed by atoms with E-state index in [1.807, 2.05) is 36.4 Å². The van der Waals surface area contributed by atoms with Crippen molar-refractivity contribution >= 4 is 18.7 Å². The largest absolute Gasteiger partial charge is 0.742 e. The lowest BCUT2D eigenvalue weighted by Crippen LogP contribution is -1.79. The quantitative estimate of drug-likeness (QED) is 0.490. The first-order chi connectivity index (χ1) is 5.33. The number of hydrogen-bond acceptors (Lipinski definition) is 2. The van der Waals surface area contributed by atoms with Crippen LogP contribution < -0.4 is 0 Å². The summed E-state index contributed by atoms with van der Waals surface area (Å²) in [6, 6.07) is 9.85. The Balaban J connectivity index is 2.79. The monoisotopic (exact) mass is 165 g/mol. The van der Waals surface area contributed by atoms with Gasteiger partial charge in [0.05, 0.1) is 7.11 Å². The van der Waals surface area contributed by atoms with Crippen molar-refractivity contribution in [3.05, 3.63) is 41.0 Å². The van der Waals surface area contributed by atoms with Crippen LogP contribution >= 0.6 is 0 Å². The minimum atomic E-state index is 0.510. The molecule has 0 spiro atoms. The second kappa shape index (κ2) is 3.98. The first kappa shape index (κ1) is 8.08. The van der Waals surface area contributed by atoms with Crippen molar-refractivity contribution in [2.24, 2.45) is 0 Å². The van der Waals surface area contributed by atoms with Gasteiger partial charge < -0.3 is 17.4 Å². The molecule has 0 aromatic heterocycles. The highest BCUT2D eigenvalue weighted by molar-refractivity contribution is 7.63. The van der Waals surface area contributed by atoms with Crippen LogP contribution in [0, 0.1) is 0 Å². The smallest absolute Gasteiger partial charge is 0.0743 e. The van der Waals surface area contributed by atoms with Gasteiger partial charge in [0.2, 0.25) is 0 Å². The molecule has 0 unspecified atom stereocenters. The molecule has 0 heterocycles. The van der Waals surface area contributed by atoms with Crippen LogP contribution in [0.4, 0.5) is 0 Å². The highest BCUT2D eigenvalue weighted by atomic mass is 32.1. The van der Waals surface area contributed by atoms with E-state index in [1.165, 1.54) is 0 Å². The van der Waals surface area contributed by atoms with Gasteiger partial charge in [-0.25, -0.2) is 0 Å². The Kier molecular flexibility index (Phi) is 2.93. The molecule has 11 heavy (non-hydrogen) atoms. The summed E-state index contributed by atoms with van der Waals surface area (Å²) in [4.78, 5) is 0. The maximum absolute atomic E-state index is 4.86. The fraction of sp³-hybridized carbons (Fsp3) is 0.111. The molecule has 1 aromatic carbocycles. The van der Waals surface area contributed by atoms with Crippen molar-refractivity contribution in [3.8, 4) is 0 Å². The van der Waals surface area contributed by atoms with Gasteiger partial charge >= 0.3 is 0 Å². The van der Waals surface area contributed by atoms with Gasteiger partial charge in [-0.2, -0.15) is 0 Å². The summed E-state index contributed by atoms with van der Waals surface area (Å²) < 4.78 is 4.83. The number of hydrogen-bond donors (Lipinski definition) is 0. The van der Waals surface area contributed by atoms with Gasteiger partial charge in [-0.15, -0.1) is 0 Å². The maximum atomic E-state index is 4.86. The lowest BCUT2D eigenvalue weighted by molar-refractivity contribution is 0.329. The van der Waals surface area contributed by atoms with E-state index in [-0.39, 0.29) is 0 Å². The molecule has 0 amide bonds. The summed E-state index contributed by atoms with van der Waals surface area (Å²) in [5.74, 6) is 0. The zero-order chi connectivity index (χ0) is 8.10. The first-order valence-corrected chi connectivity index (χ1v) is 3.71. The molecule has 0 saturated carbocycles. The van der Waals surface area contributed by atoms with E-state index in [0.29, 0.717) is 5.09 Å². The van der Waals surface area contributed by atoms with E-state index < -0.39 is 0 Å². The summed E-state index contributed by atoms with van der Waals surface area (Å²) in [5, 5.41) is 0.510. The van der Waals surface area contributed by atoms with E-state index >= 15 is 0 Å². The van der Waals surface area contributed by atoms with E-state index in [4.69, 9.17) is 17.4 Å². The average molecular weight is 165 g/mol. The minimum absolute atomic E-state index is 0.510. The number of benzene rings is 1. The third-order valence-electron chi connectivity index (χ3n) is 1.29. The van der Waals surface area contributed by atoms with Gasteiger partial charge in [0, 0.05) is 0 Å². The Morgan fingerprint density at radius 1 is 1.36 bits per heavy atom. The summed E-state index contributed by atoms with van der Waals surface area (Å²) in [5.41, 5.74) is 1.07. The fourth-order valence-electron chi connectivity index (χ4n) is 0.744. The van der Waals surface area contributed by atoms with Crippen LogP contribution in [-0.4, -0.2) is 7.11 Å². The Labute approximate surface area is 72.1 Å². The molecular weight excluding hydrogens is 156 g/mol. The second-order valence-electron chi connectivity index (χ2n) is 2.08. The van der Waals surface area contributed by atoms with Crippen LogP contribution in [0.15, 0.2) is 35.4 Å². The standard InChI is InChI=1S/C9H10OS/c1-10-9(11)7-8-5-3-2-4-6-8/h2-7,11H,1H3/p-1/b9-7-. The number of rotatable bonds is 2. The first-order valence-electron chi connectivity index (χ1n) is 3.30. The molecule has 0 bridgehead atoms. The third-order valence-corrected chi connectivity index (χ3v) is 1.57. The van der Waals surface area contributed by atoms with Crippen molar-refractivity contribution in [2.75, 3.05) is 7.11 Å². The van der Waals surface area contributed by atoms with Gasteiger partial charge in [-0.05, 0) is 16.7 Å². The molecule has 0 N–H and O–H groups in total. The molecule has 1 rings (SSSR count). The third kappa shape index (κ3) is 2.60. The van der Waals surface area contributed by atoms with Gasteiger partial charge in [-0.1, -0.05) is 30.3 Å². The second-order valence-corrected chi connectivity index (χ2v) is 2.48. The van der Waals surface area contributed by atoms with Gasteiger partial charge in [0.25, 0.3) is 0 Å². The molecular formula is C9H9OS-. The highest BCUT2D eigenvalue weighted by Crippen LogP contribution is 2.04. The molecule has 0 atom stereocenters. The molecule has 2 heteroatoms. The Hall–Kier alpha value is -1.02. The van der Waals surface area contributed by atoms with E-state index in [0.717, 1.165) is 5.56 Å². The molecule has 1 nitrogen and oxygen atoms in total. The zero-order valence-corrected chi connectivity index (χ0v) is 7.10. The zero-order valence-electron chi connectivity index (χ0n) is 6.28. The van der Waals surface area contributed by atoms with Crippen LogP contribution in [0.5, 0.6) is 0 Å². The number of ether oxygens (including phenoxy) is 1. The van der Waals surface area contributed by atoms with Crippen molar-refractivity contribution < 1.29 is 4.74 Å².